The van der Waals surface area contributed by atoms with E-state index in [1.165, 1.54) is 19.3 Å². The van der Waals surface area contributed by atoms with Gasteiger partial charge < -0.3 is 19.7 Å². The third-order valence-electron chi connectivity index (χ3n) is 5.99. The molecule has 2 unspecified atom stereocenters. The molecule has 1 fully saturated rings. The van der Waals surface area contributed by atoms with Gasteiger partial charge in [0.1, 0.15) is 11.9 Å². The topological polar surface area (TPSA) is 110 Å². The highest BCUT2D eigenvalue weighted by molar-refractivity contribution is 5.83. The first kappa shape index (κ1) is 28.0. The molecule has 1 aliphatic rings. The molecule has 0 aromatic heterocycles. The van der Waals surface area contributed by atoms with Crippen LogP contribution < -0.4 is 0 Å². The van der Waals surface area contributed by atoms with Gasteiger partial charge in [0.05, 0.1) is 13.2 Å². The first-order valence-electron chi connectivity index (χ1n) is 10.3. The van der Waals surface area contributed by atoms with Crippen LogP contribution in [0.15, 0.2) is 23.8 Å². The van der Waals surface area contributed by atoms with Crippen LogP contribution in [-0.2, 0) is 28.6 Å². The molecule has 172 valence electrons. The minimum atomic E-state index is -0.979. The predicted molar refractivity (Wildman–Crippen MR) is 115 cm³/mol. The molecule has 0 aliphatic carbocycles. The minimum Gasteiger partial charge on any atom is -0.466 e. The molecule has 30 heavy (non-hydrogen) atoms. The summed E-state index contributed by atoms with van der Waals surface area (Å²) in [5.74, 6) is -0.437. The van der Waals surface area contributed by atoms with Crippen LogP contribution in [0.1, 0.15) is 67.2 Å². The second-order valence-electron chi connectivity index (χ2n) is 8.48. The summed E-state index contributed by atoms with van der Waals surface area (Å²) >= 11 is 0. The van der Waals surface area contributed by atoms with Crippen LogP contribution >= 0.6 is 0 Å². The predicted octanol–water partition coefficient (Wildman–Crippen LogP) is 3.35. The summed E-state index contributed by atoms with van der Waals surface area (Å²) in [7, 11) is 1.32. The van der Waals surface area contributed by atoms with Crippen molar-refractivity contribution in [2.45, 2.75) is 85.0 Å². The number of carbonyl (C=O) groups is 3. The van der Waals surface area contributed by atoms with Crippen LogP contribution in [0.2, 0.25) is 0 Å². The van der Waals surface area contributed by atoms with E-state index in [9.17, 15) is 14.4 Å². The fourth-order valence-corrected chi connectivity index (χ4v) is 3.60. The average molecular weight is 427 g/mol. The van der Waals surface area contributed by atoms with Crippen molar-refractivity contribution >= 4 is 18.2 Å². The maximum atomic E-state index is 12.2. The van der Waals surface area contributed by atoms with Crippen molar-refractivity contribution in [2.24, 2.45) is 11.3 Å². The van der Waals surface area contributed by atoms with Gasteiger partial charge in [0, 0.05) is 17.9 Å². The van der Waals surface area contributed by atoms with E-state index in [0.717, 1.165) is 12.8 Å². The molecule has 0 saturated carbocycles. The van der Waals surface area contributed by atoms with E-state index in [4.69, 9.17) is 14.2 Å². The van der Waals surface area contributed by atoms with Crippen LogP contribution in [0, 0.1) is 11.3 Å². The maximum absolute atomic E-state index is 12.2. The SMILES string of the molecule is CCC(=O)O[C@H]1/C(=C/C(=O)OC)CC(CC(C)CC)O[C@@]1(C)C(C)(C)/C=C/C=O.O. The number of hydrogen-bond donors (Lipinski definition) is 0. The van der Waals surface area contributed by atoms with Crippen molar-refractivity contribution in [2.75, 3.05) is 7.11 Å². The highest BCUT2D eigenvalue weighted by Crippen LogP contribution is 2.48. The molecule has 7 nitrogen and oxygen atoms in total. The monoisotopic (exact) mass is 426 g/mol. The van der Waals surface area contributed by atoms with Gasteiger partial charge in [-0.2, -0.15) is 0 Å². The number of esters is 2. The Morgan fingerprint density at radius 2 is 1.97 bits per heavy atom. The normalized spacial score (nSPS) is 26.7. The number of hydrogen-bond acceptors (Lipinski definition) is 6. The van der Waals surface area contributed by atoms with Gasteiger partial charge in [0.15, 0.2) is 6.10 Å². The second kappa shape index (κ2) is 12.0. The van der Waals surface area contributed by atoms with Gasteiger partial charge in [-0.05, 0) is 37.3 Å². The van der Waals surface area contributed by atoms with Gasteiger partial charge in [-0.3, -0.25) is 9.59 Å². The smallest absolute Gasteiger partial charge is 0.330 e. The molecule has 1 heterocycles. The Morgan fingerprint density at radius 1 is 1.33 bits per heavy atom. The summed E-state index contributed by atoms with van der Waals surface area (Å²) in [6, 6.07) is 0. The Labute approximate surface area is 180 Å². The Balaban J connectivity index is 0.00000841. The summed E-state index contributed by atoms with van der Waals surface area (Å²) in [6.07, 6.45) is 6.90. The Bertz CT molecular complexity index is 650. The van der Waals surface area contributed by atoms with E-state index in [2.05, 4.69) is 13.8 Å². The van der Waals surface area contributed by atoms with E-state index in [1.54, 1.807) is 13.0 Å². The third kappa shape index (κ3) is 6.77. The fourth-order valence-electron chi connectivity index (χ4n) is 3.60. The lowest BCUT2D eigenvalue weighted by Crippen LogP contribution is -2.60. The highest BCUT2D eigenvalue weighted by Gasteiger charge is 2.54. The highest BCUT2D eigenvalue weighted by atomic mass is 16.6. The third-order valence-corrected chi connectivity index (χ3v) is 5.99. The Kier molecular flexibility index (Phi) is 11.2. The zero-order valence-corrected chi connectivity index (χ0v) is 19.3. The van der Waals surface area contributed by atoms with E-state index in [0.29, 0.717) is 24.2 Å². The Morgan fingerprint density at radius 3 is 2.47 bits per heavy atom. The molecule has 0 radical (unpaired) electrons. The molecule has 2 N–H and O–H groups in total. The Hall–Kier alpha value is -1.99. The molecule has 0 spiro atoms. The molecular formula is C23H38O7. The quantitative estimate of drug-likeness (QED) is 0.318. The van der Waals surface area contributed by atoms with Crippen molar-refractivity contribution in [3.05, 3.63) is 23.8 Å². The lowest BCUT2D eigenvalue weighted by molar-refractivity contribution is -0.216. The van der Waals surface area contributed by atoms with E-state index in [1.807, 2.05) is 20.8 Å². The van der Waals surface area contributed by atoms with Crippen molar-refractivity contribution < 1.29 is 34.1 Å². The number of rotatable bonds is 9. The van der Waals surface area contributed by atoms with Crippen molar-refractivity contribution in [1.82, 2.24) is 0 Å². The van der Waals surface area contributed by atoms with Crippen LogP contribution in [0.5, 0.6) is 0 Å². The molecule has 0 amide bonds. The van der Waals surface area contributed by atoms with Gasteiger partial charge in [0.25, 0.3) is 0 Å². The molecule has 1 rings (SSSR count). The molecule has 1 aliphatic heterocycles. The number of ether oxygens (including phenoxy) is 3. The molecule has 4 atom stereocenters. The zero-order valence-electron chi connectivity index (χ0n) is 19.3. The number of methoxy groups -OCH3 is 1. The lowest BCUT2D eigenvalue weighted by Gasteiger charge is -2.52. The maximum Gasteiger partial charge on any atom is 0.330 e. The first-order valence-corrected chi connectivity index (χ1v) is 10.3. The largest absolute Gasteiger partial charge is 0.466 e. The first-order chi connectivity index (χ1) is 13.5. The molecule has 1 saturated heterocycles. The minimum absolute atomic E-state index is 0. The van der Waals surface area contributed by atoms with Crippen LogP contribution in [0.4, 0.5) is 0 Å². The van der Waals surface area contributed by atoms with Crippen LogP contribution in [-0.4, -0.2) is 48.6 Å². The van der Waals surface area contributed by atoms with Gasteiger partial charge in [-0.15, -0.1) is 0 Å². The van der Waals surface area contributed by atoms with Crippen molar-refractivity contribution in [1.29, 1.82) is 0 Å². The van der Waals surface area contributed by atoms with Gasteiger partial charge in [-0.25, -0.2) is 4.79 Å². The van der Waals surface area contributed by atoms with E-state index >= 15 is 0 Å². The zero-order chi connectivity index (χ0) is 22.2. The molecule has 0 aromatic carbocycles. The van der Waals surface area contributed by atoms with Crippen LogP contribution in [0.3, 0.4) is 0 Å². The molecule has 0 bridgehead atoms. The van der Waals surface area contributed by atoms with Gasteiger partial charge in [-0.1, -0.05) is 47.1 Å². The van der Waals surface area contributed by atoms with Crippen LogP contribution in [0.25, 0.3) is 0 Å². The average Bonchev–Trinajstić information content (AvgIpc) is 2.68. The molecule has 0 aromatic rings. The number of carbonyl (C=O) groups excluding carboxylic acids is 3. The summed E-state index contributed by atoms with van der Waals surface area (Å²) < 4.78 is 17.2. The van der Waals surface area contributed by atoms with E-state index < -0.39 is 23.1 Å². The standard InChI is InChI=1S/C23H36O6.H2O/c1-8-16(3)13-18-14-17(15-20(26)27-7)21(28-19(25)9-2)23(6,29-18)22(4,5)11-10-12-24;/h10-12,15-16,18,21H,8-9,13-14H2,1-7H3;1H2/b11-10+,17-15+;/t16?,18?,21-,23+;/m0./s1. The summed E-state index contributed by atoms with van der Waals surface area (Å²) in [5.41, 5.74) is -0.961. The van der Waals surface area contributed by atoms with Gasteiger partial charge in [0.2, 0.25) is 0 Å². The lowest BCUT2D eigenvalue weighted by atomic mass is 9.67. The molecular weight excluding hydrogens is 388 g/mol. The van der Waals surface area contributed by atoms with Crippen molar-refractivity contribution in [3.63, 3.8) is 0 Å². The second-order valence-corrected chi connectivity index (χ2v) is 8.48. The molecule has 7 heteroatoms. The number of aldehydes is 1. The van der Waals surface area contributed by atoms with Crippen molar-refractivity contribution in [3.8, 4) is 0 Å². The number of allylic oxidation sites excluding steroid dienone is 1. The van der Waals surface area contributed by atoms with Gasteiger partial charge >= 0.3 is 11.9 Å². The summed E-state index contributed by atoms with van der Waals surface area (Å²) in [5, 5.41) is 0. The van der Waals surface area contributed by atoms with E-state index in [-0.39, 0.29) is 24.0 Å². The summed E-state index contributed by atoms with van der Waals surface area (Å²) in [6.45, 7) is 11.7. The summed E-state index contributed by atoms with van der Waals surface area (Å²) in [4.78, 5) is 35.2. The fraction of sp³-hybridized carbons (Fsp3) is 0.696.